The van der Waals surface area contributed by atoms with Crippen LogP contribution in [0.2, 0.25) is 0 Å². The number of ether oxygens (including phenoxy) is 1. The zero-order valence-electron chi connectivity index (χ0n) is 12.5. The van der Waals surface area contributed by atoms with Gasteiger partial charge in [-0.3, -0.25) is 4.79 Å². The highest BCUT2D eigenvalue weighted by Gasteiger charge is 2.29. The second-order valence-corrected chi connectivity index (χ2v) is 5.34. The first-order chi connectivity index (χ1) is 9.88. The van der Waals surface area contributed by atoms with Gasteiger partial charge in [0.1, 0.15) is 12.4 Å². The van der Waals surface area contributed by atoms with Crippen molar-refractivity contribution in [3.05, 3.63) is 18.2 Å². The number of urea groups is 1. The van der Waals surface area contributed by atoms with Crippen molar-refractivity contribution in [3.8, 4) is 5.75 Å². The van der Waals surface area contributed by atoms with Crippen molar-refractivity contribution in [2.75, 3.05) is 23.9 Å². The lowest BCUT2D eigenvalue weighted by atomic mass is 10.2. The lowest BCUT2D eigenvalue weighted by molar-refractivity contribution is -0.406. The Morgan fingerprint density at radius 2 is 2.19 bits per heavy atom. The minimum absolute atomic E-state index is 0.0466. The van der Waals surface area contributed by atoms with Crippen molar-refractivity contribution in [3.63, 3.8) is 0 Å². The topological polar surface area (TPSA) is 98.3 Å². The van der Waals surface area contributed by atoms with Crippen molar-refractivity contribution in [2.45, 2.75) is 25.9 Å². The zero-order chi connectivity index (χ0) is 15.6. The fourth-order valence-electron chi connectivity index (χ4n) is 2.06. The van der Waals surface area contributed by atoms with Crippen LogP contribution in [-0.2, 0) is 4.79 Å². The molecule has 0 spiro atoms. The number of amides is 3. The Morgan fingerprint density at radius 1 is 1.48 bits per heavy atom. The Morgan fingerprint density at radius 3 is 2.86 bits per heavy atom. The van der Waals surface area contributed by atoms with Gasteiger partial charge in [0.15, 0.2) is 6.04 Å². The van der Waals surface area contributed by atoms with Crippen LogP contribution in [0.1, 0.15) is 13.8 Å². The van der Waals surface area contributed by atoms with Crippen LogP contribution >= 0.6 is 0 Å². The fraction of sp³-hybridized carbons (Fsp3) is 0.429. The number of carbonyl (C=O) groups excluding carboxylic acids is 2. The van der Waals surface area contributed by atoms with Gasteiger partial charge in [0.25, 0.3) is 5.91 Å². The molecule has 21 heavy (non-hydrogen) atoms. The third-order valence-electron chi connectivity index (χ3n) is 3.12. The Kier molecular flexibility index (Phi) is 4.32. The predicted octanol–water partition coefficient (Wildman–Crippen LogP) is 0.182. The molecule has 7 heteroatoms. The van der Waals surface area contributed by atoms with Gasteiger partial charge in [-0.05, 0) is 32.0 Å². The minimum atomic E-state index is -0.442. The van der Waals surface area contributed by atoms with E-state index in [4.69, 9.17) is 4.74 Å². The lowest BCUT2D eigenvalue weighted by Crippen LogP contribution is -2.69. The molecule has 5 N–H and O–H groups in total. The molecular weight excluding hydrogens is 272 g/mol. The van der Waals surface area contributed by atoms with E-state index in [1.54, 1.807) is 25.2 Å². The molecule has 1 aromatic rings. The van der Waals surface area contributed by atoms with E-state index in [0.717, 1.165) is 0 Å². The Labute approximate surface area is 123 Å². The summed E-state index contributed by atoms with van der Waals surface area (Å²) in [5.41, 5.74) is 4.99. The molecule has 0 aromatic heterocycles. The van der Waals surface area contributed by atoms with E-state index < -0.39 is 6.04 Å². The molecule has 3 amide bonds. The first kappa shape index (κ1) is 15.1. The highest BCUT2D eigenvalue weighted by atomic mass is 16.5. The van der Waals surface area contributed by atoms with Crippen LogP contribution in [-0.4, -0.2) is 37.7 Å². The van der Waals surface area contributed by atoms with Gasteiger partial charge in [-0.1, -0.05) is 0 Å². The Balaban J connectivity index is 2.22. The number of nitrogens with zero attached hydrogens (tertiary/aromatic N) is 1. The molecule has 0 aliphatic carbocycles. The van der Waals surface area contributed by atoms with E-state index in [-0.39, 0.29) is 24.6 Å². The van der Waals surface area contributed by atoms with Gasteiger partial charge in [-0.25, -0.2) is 4.79 Å². The van der Waals surface area contributed by atoms with Gasteiger partial charge < -0.3 is 26.0 Å². The van der Waals surface area contributed by atoms with Crippen molar-refractivity contribution in [1.29, 1.82) is 0 Å². The molecule has 1 aliphatic heterocycles. The molecule has 1 atom stereocenters. The Hall–Kier alpha value is -2.28. The van der Waals surface area contributed by atoms with E-state index in [2.05, 4.69) is 16.4 Å². The number of hydrogen-bond acceptors (Lipinski definition) is 3. The number of carbonyl (C=O) groups is 2. The Bertz CT molecular complexity index is 559. The van der Waals surface area contributed by atoms with Crippen molar-refractivity contribution in [1.82, 2.24) is 5.32 Å². The number of anilines is 2. The summed E-state index contributed by atoms with van der Waals surface area (Å²) in [5.74, 6) is 0.490. The molecule has 114 valence electrons. The molecular formula is C14H21N4O3+. The molecule has 1 aliphatic rings. The second kappa shape index (κ2) is 6.01. The summed E-state index contributed by atoms with van der Waals surface area (Å²) in [4.78, 5) is 25.3. The summed E-state index contributed by atoms with van der Waals surface area (Å²) in [6, 6.07) is 4.50. The number of nitrogens with one attached hydrogen (secondary N) is 2. The lowest BCUT2D eigenvalue weighted by Gasteiger charge is -2.18. The predicted molar refractivity (Wildman–Crippen MR) is 79.3 cm³/mol. The number of benzene rings is 1. The van der Waals surface area contributed by atoms with Crippen LogP contribution in [0.4, 0.5) is 16.2 Å². The quantitative estimate of drug-likeness (QED) is 0.725. The SMILES string of the molecule is CC(C)NC(=O)Nc1ccc2c(c1)N(C)C(=O)C([NH3+])CO2. The van der Waals surface area contributed by atoms with Gasteiger partial charge in [0.2, 0.25) is 0 Å². The molecule has 0 fully saturated rings. The number of rotatable bonds is 2. The molecule has 0 bridgehead atoms. The summed E-state index contributed by atoms with van der Waals surface area (Å²) in [6.07, 6.45) is 0. The van der Waals surface area contributed by atoms with Crippen LogP contribution < -0.4 is 26.0 Å². The van der Waals surface area contributed by atoms with E-state index in [1.165, 1.54) is 4.90 Å². The second-order valence-electron chi connectivity index (χ2n) is 5.34. The van der Waals surface area contributed by atoms with E-state index >= 15 is 0 Å². The van der Waals surface area contributed by atoms with Gasteiger partial charge in [-0.2, -0.15) is 0 Å². The smallest absolute Gasteiger partial charge is 0.319 e. The maximum Gasteiger partial charge on any atom is 0.319 e. The van der Waals surface area contributed by atoms with Crippen molar-refractivity contribution >= 4 is 23.3 Å². The maximum atomic E-state index is 12.1. The largest absolute Gasteiger partial charge is 0.485 e. The summed E-state index contributed by atoms with van der Waals surface area (Å²) in [6.45, 7) is 4.01. The molecule has 0 saturated heterocycles. The van der Waals surface area contributed by atoms with Crippen LogP contribution in [0, 0.1) is 0 Å². The van der Waals surface area contributed by atoms with Gasteiger partial charge >= 0.3 is 6.03 Å². The number of likely N-dealkylation sites (N-methyl/N-ethyl adjacent to an activating group) is 1. The highest BCUT2D eigenvalue weighted by Crippen LogP contribution is 2.32. The summed E-state index contributed by atoms with van der Waals surface area (Å²) in [5, 5.41) is 5.47. The summed E-state index contributed by atoms with van der Waals surface area (Å²) >= 11 is 0. The summed E-state index contributed by atoms with van der Waals surface area (Å²) < 4.78 is 5.57. The molecule has 0 radical (unpaired) electrons. The molecule has 2 rings (SSSR count). The van der Waals surface area contributed by atoms with Gasteiger partial charge in [0, 0.05) is 18.8 Å². The highest BCUT2D eigenvalue weighted by molar-refractivity contribution is 5.99. The standard InChI is InChI=1S/C14H20N4O3/c1-8(2)16-14(20)17-9-4-5-12-11(6-9)18(3)13(19)10(15)7-21-12/h4-6,8,10H,7,15H2,1-3H3,(H2,16,17,20)/p+1. The normalized spacial score (nSPS) is 17.9. The van der Waals surface area contributed by atoms with E-state index in [1.807, 2.05) is 13.8 Å². The molecule has 1 aromatic carbocycles. The average Bonchev–Trinajstić information content (AvgIpc) is 2.51. The number of fused-ring (bicyclic) bond motifs is 1. The molecule has 0 saturated carbocycles. The van der Waals surface area contributed by atoms with Crippen molar-refractivity contribution in [2.24, 2.45) is 0 Å². The van der Waals surface area contributed by atoms with E-state index in [9.17, 15) is 9.59 Å². The van der Waals surface area contributed by atoms with E-state index in [0.29, 0.717) is 17.1 Å². The molecule has 1 heterocycles. The van der Waals surface area contributed by atoms with Gasteiger partial charge in [-0.15, -0.1) is 0 Å². The zero-order valence-corrected chi connectivity index (χ0v) is 12.5. The molecule has 1 unspecified atom stereocenters. The average molecular weight is 293 g/mol. The fourth-order valence-corrected chi connectivity index (χ4v) is 2.06. The van der Waals surface area contributed by atoms with Crippen molar-refractivity contribution < 1.29 is 20.1 Å². The van der Waals surface area contributed by atoms with Crippen LogP contribution in [0.5, 0.6) is 5.75 Å². The minimum Gasteiger partial charge on any atom is -0.485 e. The first-order valence-electron chi connectivity index (χ1n) is 6.83. The molecule has 7 nitrogen and oxygen atoms in total. The van der Waals surface area contributed by atoms with Crippen LogP contribution in [0.15, 0.2) is 18.2 Å². The van der Waals surface area contributed by atoms with Gasteiger partial charge in [0.05, 0.1) is 5.69 Å². The van der Waals surface area contributed by atoms with Crippen LogP contribution in [0.3, 0.4) is 0 Å². The first-order valence-corrected chi connectivity index (χ1v) is 6.83. The third kappa shape index (κ3) is 3.43. The third-order valence-corrected chi connectivity index (χ3v) is 3.12. The number of hydrogen-bond donors (Lipinski definition) is 3. The monoisotopic (exact) mass is 293 g/mol. The maximum absolute atomic E-state index is 12.1. The van der Waals surface area contributed by atoms with Crippen LogP contribution in [0.25, 0.3) is 0 Å². The number of quaternary nitrogens is 1. The summed E-state index contributed by atoms with van der Waals surface area (Å²) in [7, 11) is 1.67.